The van der Waals surface area contributed by atoms with Crippen molar-refractivity contribution in [3.8, 4) is 5.75 Å². The molecule has 21 heavy (non-hydrogen) atoms. The SMILES string of the molecule is CNC(=O)C(OC)c1cccc(COc2ccccc2)c1. The number of rotatable bonds is 6. The van der Waals surface area contributed by atoms with E-state index >= 15 is 0 Å². The summed E-state index contributed by atoms with van der Waals surface area (Å²) < 4.78 is 11.0. The lowest BCUT2D eigenvalue weighted by atomic mass is 10.1. The van der Waals surface area contributed by atoms with E-state index in [1.165, 1.54) is 7.11 Å². The van der Waals surface area contributed by atoms with Gasteiger partial charge in [-0.3, -0.25) is 4.79 Å². The number of para-hydroxylation sites is 1. The predicted molar refractivity (Wildman–Crippen MR) is 81.0 cm³/mol. The highest BCUT2D eigenvalue weighted by molar-refractivity contribution is 5.81. The van der Waals surface area contributed by atoms with Crippen molar-refractivity contribution < 1.29 is 14.3 Å². The van der Waals surface area contributed by atoms with E-state index in [1.54, 1.807) is 7.05 Å². The van der Waals surface area contributed by atoms with Crippen molar-refractivity contribution in [3.05, 3.63) is 65.7 Å². The van der Waals surface area contributed by atoms with E-state index in [1.807, 2.05) is 54.6 Å². The zero-order valence-corrected chi connectivity index (χ0v) is 12.2. The lowest BCUT2D eigenvalue weighted by Gasteiger charge is -2.15. The van der Waals surface area contributed by atoms with Crippen molar-refractivity contribution in [2.24, 2.45) is 0 Å². The van der Waals surface area contributed by atoms with Crippen molar-refractivity contribution in [2.45, 2.75) is 12.7 Å². The summed E-state index contributed by atoms with van der Waals surface area (Å²) in [5.74, 6) is 0.649. The van der Waals surface area contributed by atoms with Gasteiger partial charge in [-0.15, -0.1) is 0 Å². The highest BCUT2D eigenvalue weighted by atomic mass is 16.5. The summed E-state index contributed by atoms with van der Waals surface area (Å²) in [6.45, 7) is 0.446. The van der Waals surface area contributed by atoms with Crippen LogP contribution in [0.4, 0.5) is 0 Å². The molecule has 0 aliphatic carbocycles. The second-order valence-corrected chi connectivity index (χ2v) is 4.58. The molecule has 4 heteroatoms. The fraction of sp³-hybridized carbons (Fsp3) is 0.235. The number of likely N-dealkylation sites (N-methyl/N-ethyl adjacent to an activating group) is 1. The number of hydrogen-bond acceptors (Lipinski definition) is 3. The molecule has 0 aromatic heterocycles. The van der Waals surface area contributed by atoms with Crippen LogP contribution in [0.5, 0.6) is 5.75 Å². The van der Waals surface area contributed by atoms with Gasteiger partial charge >= 0.3 is 0 Å². The summed E-state index contributed by atoms with van der Waals surface area (Å²) >= 11 is 0. The molecule has 0 aliphatic heterocycles. The van der Waals surface area contributed by atoms with Crippen molar-refractivity contribution in [1.29, 1.82) is 0 Å². The van der Waals surface area contributed by atoms with E-state index in [0.29, 0.717) is 6.61 Å². The molecule has 0 fully saturated rings. The van der Waals surface area contributed by atoms with Crippen molar-refractivity contribution in [2.75, 3.05) is 14.2 Å². The largest absolute Gasteiger partial charge is 0.489 e. The second kappa shape index (κ2) is 7.45. The van der Waals surface area contributed by atoms with E-state index in [2.05, 4.69) is 5.32 Å². The van der Waals surface area contributed by atoms with E-state index in [9.17, 15) is 4.79 Å². The zero-order valence-electron chi connectivity index (χ0n) is 12.2. The number of amides is 1. The Morgan fingerprint density at radius 2 is 1.90 bits per heavy atom. The van der Waals surface area contributed by atoms with E-state index in [-0.39, 0.29) is 5.91 Å². The Labute approximate surface area is 124 Å². The van der Waals surface area contributed by atoms with Gasteiger partial charge in [0.2, 0.25) is 0 Å². The maximum absolute atomic E-state index is 11.8. The first-order valence-corrected chi connectivity index (χ1v) is 6.75. The van der Waals surface area contributed by atoms with E-state index in [4.69, 9.17) is 9.47 Å². The van der Waals surface area contributed by atoms with Gasteiger partial charge in [0.25, 0.3) is 5.91 Å². The number of methoxy groups -OCH3 is 1. The number of carbonyl (C=O) groups excluding carboxylic acids is 1. The molecule has 2 aromatic carbocycles. The summed E-state index contributed by atoms with van der Waals surface area (Å²) in [7, 11) is 3.11. The minimum absolute atomic E-state index is 0.168. The molecule has 0 aliphatic rings. The first kappa shape index (κ1) is 15.1. The highest BCUT2D eigenvalue weighted by Gasteiger charge is 2.18. The normalized spacial score (nSPS) is 11.7. The monoisotopic (exact) mass is 285 g/mol. The topological polar surface area (TPSA) is 47.6 Å². The molecule has 4 nitrogen and oxygen atoms in total. The average molecular weight is 285 g/mol. The Balaban J connectivity index is 2.08. The van der Waals surface area contributed by atoms with Gasteiger partial charge in [-0.2, -0.15) is 0 Å². The van der Waals surface area contributed by atoms with Crippen LogP contribution < -0.4 is 10.1 Å². The van der Waals surface area contributed by atoms with Gasteiger partial charge in [-0.05, 0) is 29.3 Å². The fourth-order valence-electron chi connectivity index (χ4n) is 2.05. The summed E-state index contributed by atoms with van der Waals surface area (Å²) in [5.41, 5.74) is 1.80. The fourth-order valence-corrected chi connectivity index (χ4v) is 2.05. The van der Waals surface area contributed by atoms with Crippen LogP contribution in [0.1, 0.15) is 17.2 Å². The van der Waals surface area contributed by atoms with Crippen LogP contribution >= 0.6 is 0 Å². The first-order chi connectivity index (χ1) is 10.2. The van der Waals surface area contributed by atoms with Crippen LogP contribution in [-0.4, -0.2) is 20.1 Å². The molecule has 1 unspecified atom stereocenters. The summed E-state index contributed by atoms with van der Waals surface area (Å²) in [6.07, 6.45) is -0.605. The summed E-state index contributed by atoms with van der Waals surface area (Å²) in [5, 5.41) is 2.60. The molecular formula is C17H19NO3. The number of nitrogens with one attached hydrogen (secondary N) is 1. The third kappa shape index (κ3) is 4.07. The van der Waals surface area contributed by atoms with Crippen molar-refractivity contribution in [3.63, 3.8) is 0 Å². The molecule has 2 rings (SSSR count). The third-order valence-electron chi connectivity index (χ3n) is 3.12. The van der Waals surface area contributed by atoms with E-state index < -0.39 is 6.10 Å². The van der Waals surface area contributed by atoms with Gasteiger partial charge in [0.15, 0.2) is 6.10 Å². The molecule has 110 valence electrons. The Morgan fingerprint density at radius 1 is 1.14 bits per heavy atom. The quantitative estimate of drug-likeness (QED) is 0.887. The average Bonchev–Trinajstić information content (AvgIpc) is 2.55. The molecule has 1 amide bonds. The van der Waals surface area contributed by atoms with Crippen LogP contribution in [0, 0.1) is 0 Å². The van der Waals surface area contributed by atoms with Gasteiger partial charge in [-0.1, -0.05) is 36.4 Å². The molecule has 0 radical (unpaired) electrons. The van der Waals surface area contributed by atoms with E-state index in [0.717, 1.165) is 16.9 Å². The van der Waals surface area contributed by atoms with Gasteiger partial charge in [0.05, 0.1) is 0 Å². The number of benzene rings is 2. The molecule has 1 atom stereocenters. The molecule has 0 bridgehead atoms. The molecule has 0 saturated heterocycles. The van der Waals surface area contributed by atoms with Gasteiger partial charge < -0.3 is 14.8 Å². The Morgan fingerprint density at radius 3 is 2.57 bits per heavy atom. The van der Waals surface area contributed by atoms with Gasteiger partial charge in [0, 0.05) is 14.2 Å². The smallest absolute Gasteiger partial charge is 0.253 e. The summed E-state index contributed by atoms with van der Waals surface area (Å²) in [4.78, 5) is 11.8. The molecule has 2 aromatic rings. The molecule has 0 heterocycles. The maximum Gasteiger partial charge on any atom is 0.253 e. The minimum Gasteiger partial charge on any atom is -0.489 e. The molecule has 0 saturated carbocycles. The van der Waals surface area contributed by atoms with Gasteiger partial charge in [-0.25, -0.2) is 0 Å². The number of ether oxygens (including phenoxy) is 2. The van der Waals surface area contributed by atoms with Crippen LogP contribution in [0.2, 0.25) is 0 Å². The zero-order chi connectivity index (χ0) is 15.1. The third-order valence-corrected chi connectivity index (χ3v) is 3.12. The Hall–Kier alpha value is -2.33. The molecular weight excluding hydrogens is 266 g/mol. The Bertz CT molecular complexity index is 584. The second-order valence-electron chi connectivity index (χ2n) is 4.58. The molecule has 0 spiro atoms. The lowest BCUT2D eigenvalue weighted by molar-refractivity contribution is -0.130. The van der Waals surface area contributed by atoms with Crippen LogP contribution in [0.3, 0.4) is 0 Å². The number of carbonyl (C=O) groups is 1. The minimum atomic E-state index is -0.605. The van der Waals surface area contributed by atoms with Crippen LogP contribution in [-0.2, 0) is 16.1 Å². The van der Waals surface area contributed by atoms with Gasteiger partial charge in [0.1, 0.15) is 12.4 Å². The molecule has 1 N–H and O–H groups in total. The number of hydrogen-bond donors (Lipinski definition) is 1. The van der Waals surface area contributed by atoms with Crippen LogP contribution in [0.25, 0.3) is 0 Å². The Kier molecular flexibility index (Phi) is 5.35. The predicted octanol–water partition coefficient (Wildman–Crippen LogP) is 2.70. The van der Waals surface area contributed by atoms with Crippen LogP contribution in [0.15, 0.2) is 54.6 Å². The first-order valence-electron chi connectivity index (χ1n) is 6.75. The maximum atomic E-state index is 11.8. The standard InChI is InChI=1S/C17H19NO3/c1-18-17(19)16(20-2)14-8-6-7-13(11-14)12-21-15-9-4-3-5-10-15/h3-11,16H,12H2,1-2H3,(H,18,19). The van der Waals surface area contributed by atoms with Crippen molar-refractivity contribution >= 4 is 5.91 Å². The summed E-state index contributed by atoms with van der Waals surface area (Å²) in [6, 6.07) is 17.3. The highest BCUT2D eigenvalue weighted by Crippen LogP contribution is 2.19. The van der Waals surface area contributed by atoms with Crippen molar-refractivity contribution in [1.82, 2.24) is 5.32 Å². The lowest BCUT2D eigenvalue weighted by Crippen LogP contribution is -2.27.